The van der Waals surface area contributed by atoms with Gasteiger partial charge in [-0.3, -0.25) is 0 Å². The van der Waals surface area contributed by atoms with E-state index in [4.69, 9.17) is 23.2 Å². The van der Waals surface area contributed by atoms with Gasteiger partial charge in [0.2, 0.25) is 0 Å². The number of sulfone groups is 1. The topological polar surface area (TPSA) is 46.2 Å². The molecule has 0 amide bonds. The zero-order valence-electron chi connectivity index (χ0n) is 8.83. The molecule has 0 heterocycles. The van der Waals surface area contributed by atoms with Crippen LogP contribution in [0.1, 0.15) is 6.92 Å². The lowest BCUT2D eigenvalue weighted by Gasteiger charge is -2.09. The average molecular weight is 282 g/mol. The summed E-state index contributed by atoms with van der Waals surface area (Å²) in [5, 5.41) is 3.90. The fourth-order valence-corrected chi connectivity index (χ4v) is 2.38. The van der Waals surface area contributed by atoms with Crippen LogP contribution in [0.3, 0.4) is 0 Å². The minimum Gasteiger partial charge on any atom is -0.382 e. The molecule has 1 aromatic carbocycles. The first-order valence-electron chi connectivity index (χ1n) is 4.84. The number of anilines is 1. The van der Waals surface area contributed by atoms with Crippen LogP contribution in [0.15, 0.2) is 18.2 Å². The summed E-state index contributed by atoms with van der Waals surface area (Å²) in [7, 11) is -2.96. The molecular weight excluding hydrogens is 269 g/mol. The second-order valence-corrected chi connectivity index (χ2v) is 6.55. The van der Waals surface area contributed by atoms with Gasteiger partial charge in [0.05, 0.1) is 21.5 Å². The molecule has 0 saturated heterocycles. The number of halogens is 2. The molecule has 90 valence electrons. The van der Waals surface area contributed by atoms with Crippen LogP contribution in [0, 0.1) is 0 Å². The van der Waals surface area contributed by atoms with Crippen molar-refractivity contribution in [1.29, 1.82) is 0 Å². The molecule has 0 bridgehead atoms. The molecule has 1 aromatic rings. The maximum Gasteiger partial charge on any atom is 0.151 e. The summed E-state index contributed by atoms with van der Waals surface area (Å²) in [5.74, 6) is 0.218. The minimum absolute atomic E-state index is 0.0745. The lowest BCUT2D eigenvalue weighted by Crippen LogP contribution is -2.17. The normalized spacial score (nSPS) is 11.4. The van der Waals surface area contributed by atoms with Crippen LogP contribution in [0.5, 0.6) is 0 Å². The Balaban J connectivity index is 2.62. The Hall–Kier alpha value is -0.450. The molecule has 0 saturated carbocycles. The summed E-state index contributed by atoms with van der Waals surface area (Å²) < 4.78 is 22.5. The van der Waals surface area contributed by atoms with Gasteiger partial charge in [-0.05, 0) is 12.1 Å². The molecule has 0 aliphatic heterocycles. The molecule has 1 rings (SSSR count). The predicted molar refractivity (Wildman–Crippen MR) is 69.3 cm³/mol. The van der Waals surface area contributed by atoms with Gasteiger partial charge >= 0.3 is 0 Å². The maximum atomic E-state index is 11.3. The van der Waals surface area contributed by atoms with Gasteiger partial charge in [-0.2, -0.15) is 0 Å². The third-order valence-corrected chi connectivity index (χ3v) is 4.45. The molecule has 0 radical (unpaired) electrons. The van der Waals surface area contributed by atoms with Crippen molar-refractivity contribution in [3.63, 3.8) is 0 Å². The van der Waals surface area contributed by atoms with Crippen LogP contribution < -0.4 is 5.32 Å². The smallest absolute Gasteiger partial charge is 0.151 e. The summed E-state index contributed by atoms with van der Waals surface area (Å²) in [5.41, 5.74) is 0.581. The fraction of sp³-hybridized carbons (Fsp3) is 0.400. The number of rotatable bonds is 5. The van der Waals surface area contributed by atoms with E-state index in [0.29, 0.717) is 22.3 Å². The van der Waals surface area contributed by atoms with Crippen molar-refractivity contribution in [2.24, 2.45) is 0 Å². The number of nitrogens with one attached hydrogen (secondary N) is 1. The number of hydrogen-bond donors (Lipinski definition) is 1. The second kappa shape index (κ2) is 5.75. The molecule has 0 aliphatic carbocycles. The van der Waals surface area contributed by atoms with Crippen molar-refractivity contribution in [1.82, 2.24) is 0 Å². The van der Waals surface area contributed by atoms with Crippen LogP contribution in [-0.2, 0) is 9.84 Å². The monoisotopic (exact) mass is 281 g/mol. The number of hydrogen-bond acceptors (Lipinski definition) is 3. The van der Waals surface area contributed by atoms with Crippen LogP contribution in [0.4, 0.5) is 5.69 Å². The van der Waals surface area contributed by atoms with Gasteiger partial charge in [0.15, 0.2) is 9.84 Å². The molecule has 0 unspecified atom stereocenters. The maximum absolute atomic E-state index is 11.3. The van der Waals surface area contributed by atoms with Gasteiger partial charge in [0.25, 0.3) is 0 Å². The molecule has 0 aliphatic rings. The van der Waals surface area contributed by atoms with Crippen molar-refractivity contribution >= 4 is 38.7 Å². The van der Waals surface area contributed by atoms with E-state index in [1.807, 2.05) is 0 Å². The Bertz CT molecular complexity index is 440. The zero-order chi connectivity index (χ0) is 12.2. The largest absolute Gasteiger partial charge is 0.382 e. The summed E-state index contributed by atoms with van der Waals surface area (Å²) in [4.78, 5) is 0. The van der Waals surface area contributed by atoms with Gasteiger partial charge in [0, 0.05) is 12.3 Å². The first-order chi connectivity index (χ1) is 7.46. The molecule has 0 aromatic heterocycles. The highest BCUT2D eigenvalue weighted by Gasteiger charge is 2.09. The first-order valence-corrected chi connectivity index (χ1v) is 7.42. The SMILES string of the molecule is CCS(=O)(=O)CCNc1c(Cl)cccc1Cl. The van der Waals surface area contributed by atoms with Crippen LogP contribution in [-0.4, -0.2) is 26.5 Å². The highest BCUT2D eigenvalue weighted by atomic mass is 35.5. The van der Waals surface area contributed by atoms with Crippen LogP contribution in [0.2, 0.25) is 10.0 Å². The third kappa shape index (κ3) is 3.85. The summed E-state index contributed by atoms with van der Waals surface area (Å²) >= 11 is 11.8. The Morgan fingerprint density at radius 2 is 1.81 bits per heavy atom. The minimum atomic E-state index is -2.96. The fourth-order valence-electron chi connectivity index (χ4n) is 1.14. The van der Waals surface area contributed by atoms with Crippen LogP contribution >= 0.6 is 23.2 Å². The molecule has 0 fully saturated rings. The molecule has 0 spiro atoms. The van der Waals surface area contributed by atoms with Crippen LogP contribution in [0.25, 0.3) is 0 Å². The van der Waals surface area contributed by atoms with E-state index in [9.17, 15) is 8.42 Å². The van der Waals surface area contributed by atoms with Crippen molar-refractivity contribution < 1.29 is 8.42 Å². The van der Waals surface area contributed by atoms with E-state index in [1.165, 1.54) is 0 Å². The Labute approximate surface area is 106 Å². The van der Waals surface area contributed by atoms with E-state index in [1.54, 1.807) is 25.1 Å². The highest BCUT2D eigenvalue weighted by molar-refractivity contribution is 7.91. The Morgan fingerprint density at radius 1 is 1.25 bits per heavy atom. The van der Waals surface area contributed by atoms with E-state index in [0.717, 1.165) is 0 Å². The van der Waals surface area contributed by atoms with E-state index >= 15 is 0 Å². The molecule has 0 atom stereocenters. The Morgan fingerprint density at radius 3 is 2.31 bits per heavy atom. The van der Waals surface area contributed by atoms with Crippen molar-refractivity contribution in [3.8, 4) is 0 Å². The predicted octanol–water partition coefficient (Wildman–Crippen LogP) is 2.84. The molecule has 16 heavy (non-hydrogen) atoms. The lowest BCUT2D eigenvalue weighted by atomic mass is 10.3. The summed E-state index contributed by atoms with van der Waals surface area (Å²) in [6.45, 7) is 1.93. The number of benzene rings is 1. The molecular formula is C10H13Cl2NO2S. The molecule has 1 N–H and O–H groups in total. The van der Waals surface area contributed by atoms with Crippen molar-refractivity contribution in [3.05, 3.63) is 28.2 Å². The highest BCUT2D eigenvalue weighted by Crippen LogP contribution is 2.29. The van der Waals surface area contributed by atoms with Crippen molar-refractivity contribution in [2.75, 3.05) is 23.4 Å². The van der Waals surface area contributed by atoms with E-state index < -0.39 is 9.84 Å². The van der Waals surface area contributed by atoms with Gasteiger partial charge in [-0.1, -0.05) is 36.2 Å². The molecule has 3 nitrogen and oxygen atoms in total. The van der Waals surface area contributed by atoms with Crippen molar-refractivity contribution in [2.45, 2.75) is 6.92 Å². The lowest BCUT2D eigenvalue weighted by molar-refractivity contribution is 0.597. The number of para-hydroxylation sites is 1. The average Bonchev–Trinajstić information content (AvgIpc) is 2.22. The quantitative estimate of drug-likeness (QED) is 0.903. The molecule has 6 heteroatoms. The zero-order valence-corrected chi connectivity index (χ0v) is 11.2. The first kappa shape index (κ1) is 13.6. The van der Waals surface area contributed by atoms with Gasteiger partial charge in [-0.25, -0.2) is 8.42 Å². The van der Waals surface area contributed by atoms with Gasteiger partial charge in [0.1, 0.15) is 0 Å². The standard InChI is InChI=1S/C10H13Cl2NO2S/c1-2-16(14,15)7-6-13-10-8(11)4-3-5-9(10)12/h3-5,13H,2,6-7H2,1H3. The van der Waals surface area contributed by atoms with E-state index in [2.05, 4.69) is 5.32 Å². The third-order valence-electron chi connectivity index (χ3n) is 2.12. The summed E-state index contributed by atoms with van der Waals surface area (Å²) in [6, 6.07) is 5.13. The second-order valence-electron chi connectivity index (χ2n) is 3.26. The summed E-state index contributed by atoms with van der Waals surface area (Å²) in [6.07, 6.45) is 0. The van der Waals surface area contributed by atoms with Gasteiger partial charge in [-0.15, -0.1) is 0 Å². The van der Waals surface area contributed by atoms with Gasteiger partial charge < -0.3 is 5.32 Å². The van der Waals surface area contributed by atoms with E-state index in [-0.39, 0.29) is 11.5 Å². The Kier molecular flexibility index (Phi) is 4.89.